The first-order valence-electron chi connectivity index (χ1n) is 13.0. The SMILES string of the molecule is O=C(O)c1ccc2nc(CN3CCC(c4cccc5c4OCC=C5F)CC3)n([C@@H]3[Si][C@H]3[C@@H]3CCO3)c2c1. The molecule has 3 saturated heterocycles. The zero-order chi connectivity index (χ0) is 25.1. The van der Waals surface area contributed by atoms with E-state index in [4.69, 9.17) is 14.5 Å². The molecule has 4 aliphatic rings. The Morgan fingerprint density at radius 2 is 2.03 bits per heavy atom. The fourth-order valence-electron chi connectivity index (χ4n) is 6.06. The Labute approximate surface area is 216 Å². The molecule has 3 fully saturated rings. The van der Waals surface area contributed by atoms with E-state index in [0.717, 1.165) is 77.4 Å². The Hall–Kier alpha value is -3.01. The second kappa shape index (κ2) is 9.07. The number of benzene rings is 2. The number of nitrogens with zero attached hydrogens (tertiary/aromatic N) is 3. The van der Waals surface area contributed by atoms with E-state index < -0.39 is 5.97 Å². The first-order valence-corrected chi connectivity index (χ1v) is 14.2. The molecular formula is C28H28FN3O4Si. The Kier molecular flexibility index (Phi) is 5.67. The fourth-order valence-corrected chi connectivity index (χ4v) is 7.62. The van der Waals surface area contributed by atoms with E-state index in [9.17, 15) is 14.3 Å². The molecule has 1 N–H and O–H groups in total. The summed E-state index contributed by atoms with van der Waals surface area (Å²) in [7, 11) is 0.772. The fraction of sp³-hybridized carbons (Fsp3) is 0.429. The first kappa shape index (κ1) is 23.1. The summed E-state index contributed by atoms with van der Waals surface area (Å²) in [5, 5.41) is 9.56. The molecule has 5 heterocycles. The summed E-state index contributed by atoms with van der Waals surface area (Å²) in [4.78, 5) is 19.1. The Bertz CT molecular complexity index is 1410. The normalized spacial score (nSPS) is 25.8. The molecule has 4 aliphatic heterocycles. The lowest BCUT2D eigenvalue weighted by Gasteiger charge is -2.33. The summed E-state index contributed by atoms with van der Waals surface area (Å²) in [5.74, 6) is 0.924. The van der Waals surface area contributed by atoms with Crippen LogP contribution in [0.5, 0.6) is 5.75 Å². The first-order chi connectivity index (χ1) is 18.1. The van der Waals surface area contributed by atoms with Crippen LogP contribution in [0, 0.1) is 0 Å². The Morgan fingerprint density at radius 3 is 2.78 bits per heavy atom. The number of aromatic nitrogens is 2. The molecule has 37 heavy (non-hydrogen) atoms. The molecule has 1 aromatic heterocycles. The second-order valence-corrected chi connectivity index (χ2v) is 12.0. The summed E-state index contributed by atoms with van der Waals surface area (Å²) in [6.45, 7) is 3.68. The highest BCUT2D eigenvalue weighted by molar-refractivity contribution is 6.53. The van der Waals surface area contributed by atoms with Crippen LogP contribution in [0.25, 0.3) is 16.9 Å². The minimum Gasteiger partial charge on any atom is -0.488 e. The van der Waals surface area contributed by atoms with Gasteiger partial charge in [0.05, 0.1) is 44.3 Å². The largest absolute Gasteiger partial charge is 0.488 e. The van der Waals surface area contributed by atoms with Crippen LogP contribution in [-0.4, -0.2) is 67.5 Å². The van der Waals surface area contributed by atoms with Gasteiger partial charge in [-0.2, -0.15) is 0 Å². The van der Waals surface area contributed by atoms with Crippen molar-refractivity contribution in [3.8, 4) is 5.75 Å². The van der Waals surface area contributed by atoms with Crippen molar-refractivity contribution in [2.24, 2.45) is 0 Å². The van der Waals surface area contributed by atoms with Crippen LogP contribution in [0.3, 0.4) is 0 Å². The highest BCUT2D eigenvalue weighted by Gasteiger charge is 2.49. The number of imidazole rings is 1. The quantitative estimate of drug-likeness (QED) is 0.481. The summed E-state index contributed by atoms with van der Waals surface area (Å²) < 4.78 is 28.3. The van der Waals surface area contributed by atoms with Crippen LogP contribution in [0.1, 0.15) is 58.2 Å². The van der Waals surface area contributed by atoms with Gasteiger partial charge >= 0.3 is 5.97 Å². The molecule has 7 nitrogen and oxygen atoms in total. The third-order valence-corrected chi connectivity index (χ3v) is 9.85. The van der Waals surface area contributed by atoms with Gasteiger partial charge in [-0.25, -0.2) is 14.2 Å². The number of ether oxygens (including phenoxy) is 2. The number of carboxylic acid groups (broad SMARTS) is 1. The van der Waals surface area contributed by atoms with Crippen molar-refractivity contribution in [2.45, 2.75) is 49.0 Å². The van der Waals surface area contributed by atoms with Gasteiger partial charge in [-0.3, -0.25) is 4.90 Å². The van der Waals surface area contributed by atoms with Crippen LogP contribution in [0.2, 0.25) is 5.54 Å². The van der Waals surface area contributed by atoms with Crippen LogP contribution in [0.15, 0.2) is 42.5 Å². The molecule has 2 aromatic carbocycles. The van der Waals surface area contributed by atoms with Crippen molar-refractivity contribution < 1.29 is 23.8 Å². The van der Waals surface area contributed by atoms with Gasteiger partial charge in [0.2, 0.25) is 0 Å². The van der Waals surface area contributed by atoms with E-state index in [1.807, 2.05) is 12.1 Å². The molecule has 7 rings (SSSR count). The Morgan fingerprint density at radius 1 is 1.19 bits per heavy atom. The molecule has 190 valence electrons. The number of likely N-dealkylation sites (tertiary alicyclic amines) is 1. The number of halogens is 1. The smallest absolute Gasteiger partial charge is 0.335 e. The predicted molar refractivity (Wildman–Crippen MR) is 138 cm³/mol. The molecule has 3 atom stereocenters. The van der Waals surface area contributed by atoms with Gasteiger partial charge in [0, 0.05) is 12.3 Å². The van der Waals surface area contributed by atoms with Crippen molar-refractivity contribution in [1.82, 2.24) is 14.5 Å². The van der Waals surface area contributed by atoms with Crippen molar-refractivity contribution in [3.05, 3.63) is 65.0 Å². The van der Waals surface area contributed by atoms with Gasteiger partial charge in [0.15, 0.2) is 0 Å². The Balaban J connectivity index is 1.12. The van der Waals surface area contributed by atoms with Gasteiger partial charge < -0.3 is 19.1 Å². The lowest BCUT2D eigenvalue weighted by atomic mass is 9.87. The van der Waals surface area contributed by atoms with Gasteiger partial charge in [0.25, 0.3) is 0 Å². The van der Waals surface area contributed by atoms with E-state index in [0.29, 0.717) is 40.1 Å². The van der Waals surface area contributed by atoms with Crippen LogP contribution >= 0.6 is 0 Å². The molecule has 0 amide bonds. The molecule has 0 spiro atoms. The van der Waals surface area contributed by atoms with Crippen molar-refractivity contribution >= 4 is 32.3 Å². The topological polar surface area (TPSA) is 76.8 Å². The number of hydrogen-bond donors (Lipinski definition) is 1. The van der Waals surface area contributed by atoms with Gasteiger partial charge in [-0.05, 0) is 79.7 Å². The van der Waals surface area contributed by atoms with Gasteiger partial charge in [-0.15, -0.1) is 0 Å². The third-order valence-electron chi connectivity index (χ3n) is 8.20. The minimum atomic E-state index is -0.919. The highest BCUT2D eigenvalue weighted by atomic mass is 28.2. The van der Waals surface area contributed by atoms with Crippen molar-refractivity contribution in [2.75, 3.05) is 26.3 Å². The number of carbonyl (C=O) groups is 1. The average Bonchev–Trinajstić information content (AvgIpc) is 3.54. The zero-order valence-electron chi connectivity index (χ0n) is 20.4. The van der Waals surface area contributed by atoms with Crippen molar-refractivity contribution in [1.29, 1.82) is 0 Å². The monoisotopic (exact) mass is 517 g/mol. The predicted octanol–water partition coefficient (Wildman–Crippen LogP) is 4.61. The van der Waals surface area contributed by atoms with Crippen LogP contribution < -0.4 is 4.74 Å². The standard InChI is InChI=1S/C28H28FN3O4Si/c29-20-8-12-36-25-18(2-1-3-19(20)25)16-6-10-31(11-7-16)15-24-30-21-5-4-17(28(33)34)14-22(21)32(24)27-26(37-27)23-9-13-35-23/h1-5,8,14,16,23,26-27H,6-7,9-13,15H2,(H,33,34)/t23-,26-,27+/m0/s1. The maximum absolute atomic E-state index is 14.3. The van der Waals surface area contributed by atoms with E-state index in [1.54, 1.807) is 18.2 Å². The third kappa shape index (κ3) is 4.09. The average molecular weight is 518 g/mol. The zero-order valence-corrected chi connectivity index (χ0v) is 21.4. The summed E-state index contributed by atoms with van der Waals surface area (Å²) in [6, 6.07) is 11.0. The van der Waals surface area contributed by atoms with E-state index in [2.05, 4.69) is 15.5 Å². The van der Waals surface area contributed by atoms with E-state index in [-0.39, 0.29) is 12.4 Å². The lowest BCUT2D eigenvalue weighted by molar-refractivity contribution is -0.0494. The van der Waals surface area contributed by atoms with Crippen LogP contribution in [-0.2, 0) is 11.3 Å². The number of rotatable bonds is 6. The molecule has 0 aliphatic carbocycles. The molecule has 0 unspecified atom stereocenters. The number of para-hydroxylation sites is 1. The van der Waals surface area contributed by atoms with Crippen LogP contribution in [0.4, 0.5) is 4.39 Å². The van der Waals surface area contributed by atoms with E-state index in [1.165, 1.54) is 6.08 Å². The second-order valence-electron chi connectivity index (χ2n) is 10.4. The van der Waals surface area contributed by atoms with E-state index >= 15 is 0 Å². The summed E-state index contributed by atoms with van der Waals surface area (Å²) in [5.41, 5.74) is 4.56. The number of fused-ring (bicyclic) bond motifs is 2. The molecular weight excluding hydrogens is 489 g/mol. The van der Waals surface area contributed by atoms with Gasteiger partial charge in [-0.1, -0.05) is 12.1 Å². The van der Waals surface area contributed by atoms with Crippen molar-refractivity contribution in [3.63, 3.8) is 0 Å². The highest BCUT2D eigenvalue weighted by Crippen LogP contribution is 2.49. The van der Waals surface area contributed by atoms with Gasteiger partial charge in [0.1, 0.15) is 24.0 Å². The summed E-state index contributed by atoms with van der Waals surface area (Å²) >= 11 is 0. The molecule has 3 aromatic rings. The lowest BCUT2D eigenvalue weighted by Crippen LogP contribution is -2.33. The molecule has 2 radical (unpaired) electrons. The summed E-state index contributed by atoms with van der Waals surface area (Å²) in [6.07, 6.45) is 4.86. The number of hydrogen-bond acceptors (Lipinski definition) is 5. The maximum Gasteiger partial charge on any atom is 0.335 e. The molecule has 0 bridgehead atoms. The number of carboxylic acids is 1. The molecule has 9 heteroatoms. The minimum absolute atomic E-state index is 0.197. The maximum atomic E-state index is 14.3. The number of piperidine rings is 1. The molecule has 0 saturated carbocycles. The number of aromatic carboxylic acids is 1.